The number of carbonyl (C=O) groups is 1. The van der Waals surface area contributed by atoms with Crippen LogP contribution in [0.25, 0.3) is 22.2 Å². The molecular formula is C24H24N6O. The van der Waals surface area contributed by atoms with Crippen molar-refractivity contribution >= 4 is 22.6 Å². The van der Waals surface area contributed by atoms with Crippen LogP contribution in [0.4, 0.5) is 5.82 Å². The average Bonchev–Trinajstić information content (AvgIpc) is 2.82. The third-order valence-electron chi connectivity index (χ3n) is 5.27. The quantitative estimate of drug-likeness (QED) is 0.498. The summed E-state index contributed by atoms with van der Waals surface area (Å²) in [5.41, 5.74) is 5.28. The second-order valence-corrected chi connectivity index (χ2v) is 7.44. The number of hydrogen-bond acceptors (Lipinski definition) is 6. The van der Waals surface area contributed by atoms with E-state index in [1.54, 1.807) is 19.6 Å². The van der Waals surface area contributed by atoms with E-state index in [0.717, 1.165) is 39.2 Å². The minimum absolute atomic E-state index is 0.116. The van der Waals surface area contributed by atoms with E-state index in [0.29, 0.717) is 12.1 Å². The van der Waals surface area contributed by atoms with Crippen LogP contribution in [0, 0.1) is 6.92 Å². The lowest BCUT2D eigenvalue weighted by Crippen LogP contribution is -2.19. The molecule has 7 nitrogen and oxygen atoms in total. The zero-order valence-electron chi connectivity index (χ0n) is 17.8. The number of nitrogens with one attached hydrogen (secondary N) is 2. The van der Waals surface area contributed by atoms with Gasteiger partial charge in [0, 0.05) is 60.2 Å². The summed E-state index contributed by atoms with van der Waals surface area (Å²) in [5, 5.41) is 6.94. The number of benzene rings is 1. The summed E-state index contributed by atoms with van der Waals surface area (Å²) in [6, 6.07) is 13.5. The highest BCUT2D eigenvalue weighted by atomic mass is 16.1. The van der Waals surface area contributed by atoms with Crippen molar-refractivity contribution in [3.05, 3.63) is 78.0 Å². The van der Waals surface area contributed by atoms with Gasteiger partial charge in [-0.25, -0.2) is 9.97 Å². The molecule has 7 heteroatoms. The Balaban J connectivity index is 1.55. The molecule has 3 aromatic heterocycles. The van der Waals surface area contributed by atoms with Gasteiger partial charge in [-0.2, -0.15) is 0 Å². The van der Waals surface area contributed by atoms with E-state index in [1.807, 2.05) is 55.6 Å². The van der Waals surface area contributed by atoms with E-state index in [2.05, 4.69) is 37.5 Å². The van der Waals surface area contributed by atoms with Gasteiger partial charge in [-0.15, -0.1) is 0 Å². The SMILES string of the molecule is CNC(=O)c1ccc(C(C)CNc2cc(-c3ccc(C)nc3)ncn2)c2ncccc12. The molecule has 4 aromatic rings. The Kier molecular flexibility index (Phi) is 5.84. The van der Waals surface area contributed by atoms with Gasteiger partial charge < -0.3 is 10.6 Å². The molecular weight excluding hydrogens is 388 g/mol. The number of aromatic nitrogens is 4. The lowest BCUT2D eigenvalue weighted by atomic mass is 9.95. The molecule has 0 aliphatic rings. The summed E-state index contributed by atoms with van der Waals surface area (Å²) in [7, 11) is 1.63. The molecule has 0 spiro atoms. The van der Waals surface area contributed by atoms with Crippen molar-refractivity contribution in [2.24, 2.45) is 0 Å². The fraction of sp³-hybridized carbons (Fsp3) is 0.208. The van der Waals surface area contributed by atoms with Crippen LogP contribution in [-0.2, 0) is 0 Å². The van der Waals surface area contributed by atoms with E-state index in [9.17, 15) is 4.79 Å². The summed E-state index contributed by atoms with van der Waals surface area (Å²) >= 11 is 0. The highest BCUT2D eigenvalue weighted by Gasteiger charge is 2.16. The van der Waals surface area contributed by atoms with Gasteiger partial charge in [0.1, 0.15) is 12.1 Å². The standard InChI is InChI=1S/C24H24N6O/c1-15(18-8-9-20(24(31)25-3)19-5-4-10-26-23(18)19)12-28-22-11-21(29-14-30-22)17-7-6-16(2)27-13-17/h4-11,13-15H,12H2,1-3H3,(H,25,31)(H,28,29,30). The van der Waals surface area contributed by atoms with Gasteiger partial charge in [0.2, 0.25) is 0 Å². The number of pyridine rings is 2. The summed E-state index contributed by atoms with van der Waals surface area (Å²) in [6.45, 7) is 4.74. The van der Waals surface area contributed by atoms with Gasteiger partial charge in [-0.05, 0) is 36.8 Å². The summed E-state index contributed by atoms with van der Waals surface area (Å²) in [5.74, 6) is 0.779. The Labute approximate surface area is 181 Å². The van der Waals surface area contributed by atoms with Crippen LogP contribution in [0.1, 0.15) is 34.5 Å². The number of aryl methyl sites for hydroxylation is 1. The van der Waals surface area contributed by atoms with Gasteiger partial charge >= 0.3 is 0 Å². The molecule has 156 valence electrons. The van der Waals surface area contributed by atoms with Gasteiger partial charge in [0.15, 0.2) is 0 Å². The van der Waals surface area contributed by atoms with Crippen molar-refractivity contribution in [2.75, 3.05) is 18.9 Å². The largest absolute Gasteiger partial charge is 0.369 e. The fourth-order valence-corrected chi connectivity index (χ4v) is 3.52. The molecule has 3 heterocycles. The summed E-state index contributed by atoms with van der Waals surface area (Å²) < 4.78 is 0. The second-order valence-electron chi connectivity index (χ2n) is 7.44. The first-order valence-corrected chi connectivity index (χ1v) is 10.2. The molecule has 0 saturated carbocycles. The predicted molar refractivity (Wildman–Crippen MR) is 122 cm³/mol. The molecule has 1 aromatic carbocycles. The Hall–Kier alpha value is -3.87. The molecule has 0 radical (unpaired) electrons. The summed E-state index contributed by atoms with van der Waals surface area (Å²) in [4.78, 5) is 29.8. The molecule has 0 bridgehead atoms. The van der Waals surface area contributed by atoms with Gasteiger partial charge in [0.05, 0.1) is 11.2 Å². The van der Waals surface area contributed by atoms with Crippen LogP contribution in [0.3, 0.4) is 0 Å². The van der Waals surface area contributed by atoms with Crippen LogP contribution >= 0.6 is 0 Å². The average molecular weight is 412 g/mol. The predicted octanol–water partition coefficient (Wildman–Crippen LogP) is 3.97. The molecule has 4 rings (SSSR count). The monoisotopic (exact) mass is 412 g/mol. The first kappa shape index (κ1) is 20.4. The van der Waals surface area contributed by atoms with Crippen molar-refractivity contribution in [2.45, 2.75) is 19.8 Å². The van der Waals surface area contributed by atoms with Crippen molar-refractivity contribution < 1.29 is 4.79 Å². The van der Waals surface area contributed by atoms with Crippen molar-refractivity contribution in [3.63, 3.8) is 0 Å². The number of rotatable bonds is 6. The van der Waals surface area contributed by atoms with E-state index in [4.69, 9.17) is 0 Å². The van der Waals surface area contributed by atoms with E-state index in [1.165, 1.54) is 0 Å². The minimum atomic E-state index is -0.116. The third kappa shape index (κ3) is 4.35. The maximum Gasteiger partial charge on any atom is 0.251 e. The third-order valence-corrected chi connectivity index (χ3v) is 5.27. The highest BCUT2D eigenvalue weighted by Crippen LogP contribution is 2.27. The molecule has 0 aliphatic carbocycles. The molecule has 1 unspecified atom stereocenters. The normalized spacial score (nSPS) is 11.8. The van der Waals surface area contributed by atoms with Crippen LogP contribution in [0.5, 0.6) is 0 Å². The molecule has 31 heavy (non-hydrogen) atoms. The smallest absolute Gasteiger partial charge is 0.251 e. The molecule has 2 N–H and O–H groups in total. The maximum absolute atomic E-state index is 12.2. The van der Waals surface area contributed by atoms with Gasteiger partial charge in [0.25, 0.3) is 5.91 Å². The van der Waals surface area contributed by atoms with Crippen LogP contribution in [0.15, 0.2) is 61.2 Å². The molecule has 0 fully saturated rings. The minimum Gasteiger partial charge on any atom is -0.369 e. The Bertz CT molecular complexity index is 1220. The molecule has 0 saturated heterocycles. The maximum atomic E-state index is 12.2. The van der Waals surface area contributed by atoms with Crippen LogP contribution < -0.4 is 10.6 Å². The van der Waals surface area contributed by atoms with E-state index in [-0.39, 0.29) is 11.8 Å². The number of amides is 1. The zero-order chi connectivity index (χ0) is 21.8. The lowest BCUT2D eigenvalue weighted by Gasteiger charge is -2.17. The zero-order valence-corrected chi connectivity index (χ0v) is 17.8. The fourth-order valence-electron chi connectivity index (χ4n) is 3.52. The van der Waals surface area contributed by atoms with E-state index < -0.39 is 0 Å². The number of carbonyl (C=O) groups excluding carboxylic acids is 1. The number of nitrogens with zero attached hydrogens (tertiary/aromatic N) is 4. The van der Waals surface area contributed by atoms with Crippen LogP contribution in [-0.4, -0.2) is 39.4 Å². The van der Waals surface area contributed by atoms with Gasteiger partial charge in [-0.3, -0.25) is 14.8 Å². The highest BCUT2D eigenvalue weighted by molar-refractivity contribution is 6.06. The Morgan fingerprint density at radius 2 is 1.94 bits per heavy atom. The number of hydrogen-bond donors (Lipinski definition) is 2. The Morgan fingerprint density at radius 3 is 2.71 bits per heavy atom. The first-order valence-electron chi connectivity index (χ1n) is 10.2. The topological polar surface area (TPSA) is 92.7 Å². The lowest BCUT2D eigenvalue weighted by molar-refractivity contribution is 0.0964. The van der Waals surface area contributed by atoms with E-state index >= 15 is 0 Å². The molecule has 1 atom stereocenters. The molecule has 0 aliphatic heterocycles. The molecule has 1 amide bonds. The first-order chi connectivity index (χ1) is 15.1. The van der Waals surface area contributed by atoms with Crippen molar-refractivity contribution in [1.29, 1.82) is 0 Å². The van der Waals surface area contributed by atoms with Crippen LogP contribution in [0.2, 0.25) is 0 Å². The van der Waals surface area contributed by atoms with Gasteiger partial charge in [-0.1, -0.05) is 19.1 Å². The van der Waals surface area contributed by atoms with Crippen molar-refractivity contribution in [3.8, 4) is 11.3 Å². The number of anilines is 1. The second kappa shape index (κ2) is 8.87. The van der Waals surface area contributed by atoms with Crippen molar-refractivity contribution in [1.82, 2.24) is 25.3 Å². The summed E-state index contributed by atoms with van der Waals surface area (Å²) in [6.07, 6.45) is 5.12. The number of fused-ring (bicyclic) bond motifs is 1. The Morgan fingerprint density at radius 1 is 1.06 bits per heavy atom.